The monoisotopic (exact) mass is 450 g/mol. The van der Waals surface area contributed by atoms with Gasteiger partial charge in [0, 0.05) is 34.5 Å². The van der Waals surface area contributed by atoms with Crippen LogP contribution in [0.15, 0.2) is 60.8 Å². The molecule has 0 bridgehead atoms. The highest BCUT2D eigenvalue weighted by atomic mass is 32.1. The highest BCUT2D eigenvalue weighted by molar-refractivity contribution is 7.16. The van der Waals surface area contributed by atoms with Gasteiger partial charge in [0.15, 0.2) is 0 Å². The number of primary amides is 1. The zero-order valence-corrected chi connectivity index (χ0v) is 18.1. The zero-order chi connectivity index (χ0) is 22.5. The molecule has 1 aliphatic rings. The van der Waals surface area contributed by atoms with Crippen molar-refractivity contribution in [2.75, 3.05) is 23.3 Å². The maximum absolute atomic E-state index is 13.9. The maximum Gasteiger partial charge on any atom is 0.248 e. The first-order valence-corrected chi connectivity index (χ1v) is 11.2. The van der Waals surface area contributed by atoms with Crippen molar-refractivity contribution in [1.29, 1.82) is 0 Å². The fourth-order valence-corrected chi connectivity index (χ4v) is 4.59. The Hall–Kier alpha value is -3.52. The lowest BCUT2D eigenvalue weighted by Gasteiger charge is -2.32. The largest absolute Gasteiger partial charge is 0.369 e. The second-order valence-corrected chi connectivity index (χ2v) is 8.71. The van der Waals surface area contributed by atoms with Crippen LogP contribution in [-0.4, -0.2) is 29.9 Å². The topological polar surface area (TPSA) is 88.3 Å². The van der Waals surface area contributed by atoms with Gasteiger partial charge in [-0.05, 0) is 49.2 Å². The Morgan fingerprint density at radius 1 is 1.19 bits per heavy atom. The molecule has 0 saturated carbocycles. The number of thiophene rings is 1. The Morgan fingerprint density at radius 2 is 2.03 bits per heavy atom. The van der Waals surface area contributed by atoms with Gasteiger partial charge in [0.1, 0.15) is 11.6 Å². The van der Waals surface area contributed by atoms with Crippen LogP contribution in [0.25, 0.3) is 16.5 Å². The van der Waals surface area contributed by atoms with Crippen LogP contribution >= 0.6 is 11.3 Å². The lowest BCUT2D eigenvalue weighted by atomic mass is 9.97. The molecule has 1 fully saturated rings. The number of pyridine rings is 1. The molecule has 1 aromatic carbocycles. The van der Waals surface area contributed by atoms with Crippen molar-refractivity contribution in [3.8, 4) is 10.4 Å². The number of nitrogens with two attached hydrogens (primary N) is 1. The molecule has 0 spiro atoms. The Kier molecular flexibility index (Phi) is 6.61. The van der Waals surface area contributed by atoms with Crippen molar-refractivity contribution < 1.29 is 14.0 Å². The predicted octanol–water partition coefficient (Wildman–Crippen LogP) is 4.30. The summed E-state index contributed by atoms with van der Waals surface area (Å²) in [4.78, 5) is 31.8. The van der Waals surface area contributed by atoms with E-state index in [4.69, 9.17) is 5.73 Å². The van der Waals surface area contributed by atoms with Gasteiger partial charge in [-0.15, -0.1) is 11.3 Å². The molecule has 3 N–H and O–H groups in total. The Morgan fingerprint density at radius 3 is 2.78 bits per heavy atom. The van der Waals surface area contributed by atoms with Crippen LogP contribution in [0.2, 0.25) is 0 Å². The van der Waals surface area contributed by atoms with Crippen molar-refractivity contribution in [3.05, 3.63) is 71.5 Å². The number of amides is 2. The number of carbonyl (C=O) groups excluding carboxylic acids is 2. The van der Waals surface area contributed by atoms with Gasteiger partial charge in [-0.2, -0.15) is 0 Å². The minimum Gasteiger partial charge on any atom is -0.369 e. The minimum atomic E-state index is -0.285. The third kappa shape index (κ3) is 5.20. The van der Waals surface area contributed by atoms with E-state index >= 15 is 0 Å². The number of halogens is 1. The van der Waals surface area contributed by atoms with Gasteiger partial charge in [0.25, 0.3) is 0 Å². The second kappa shape index (κ2) is 9.74. The molecule has 4 rings (SSSR count). The number of benzene rings is 1. The van der Waals surface area contributed by atoms with Gasteiger partial charge in [-0.1, -0.05) is 18.2 Å². The van der Waals surface area contributed by atoms with Crippen LogP contribution in [0.1, 0.15) is 17.7 Å². The van der Waals surface area contributed by atoms with E-state index in [1.165, 1.54) is 23.5 Å². The molecule has 1 atom stereocenters. The van der Waals surface area contributed by atoms with E-state index < -0.39 is 0 Å². The minimum absolute atomic E-state index is 0.161. The number of nitrogens with zero attached hydrogens (tertiary/aromatic N) is 2. The van der Waals surface area contributed by atoms with Gasteiger partial charge in [0.05, 0.1) is 17.8 Å². The van der Waals surface area contributed by atoms with Crippen molar-refractivity contribution in [2.45, 2.75) is 12.8 Å². The molecule has 2 amide bonds. The summed E-state index contributed by atoms with van der Waals surface area (Å²) in [5.74, 6) is -0.243. The SMILES string of the molecule is NC(=O)C1CCCN(c2ccc(NC(=O)/C=C/c3ccc(-c4ccccc4F)s3)cn2)C1. The van der Waals surface area contributed by atoms with Gasteiger partial charge < -0.3 is 16.0 Å². The summed E-state index contributed by atoms with van der Waals surface area (Å²) in [5, 5.41) is 2.78. The van der Waals surface area contributed by atoms with E-state index in [1.807, 2.05) is 23.1 Å². The van der Waals surface area contributed by atoms with Crippen molar-refractivity contribution in [2.24, 2.45) is 11.7 Å². The molecular weight excluding hydrogens is 427 g/mol. The highest BCUT2D eigenvalue weighted by Crippen LogP contribution is 2.30. The van der Waals surface area contributed by atoms with Gasteiger partial charge in [0.2, 0.25) is 11.8 Å². The van der Waals surface area contributed by atoms with Crippen LogP contribution in [0, 0.1) is 11.7 Å². The molecule has 0 aliphatic carbocycles. The Labute approximate surface area is 189 Å². The standard InChI is InChI=1S/C24H23FN4O2S/c25-20-6-2-1-5-19(20)21-10-8-18(32-21)9-12-23(30)28-17-7-11-22(27-14-17)29-13-3-4-16(15-29)24(26)31/h1-2,5-12,14,16H,3-4,13,15H2,(H2,26,31)(H,28,30)/b12-9+. The normalized spacial score (nSPS) is 16.3. The molecule has 3 heterocycles. The molecule has 1 aliphatic heterocycles. The lowest BCUT2D eigenvalue weighted by molar-refractivity contribution is -0.122. The smallest absolute Gasteiger partial charge is 0.248 e. The molecule has 8 heteroatoms. The lowest BCUT2D eigenvalue weighted by Crippen LogP contribution is -2.41. The molecule has 2 aromatic heterocycles. The van der Waals surface area contributed by atoms with Crippen LogP contribution in [0.3, 0.4) is 0 Å². The first kappa shape index (κ1) is 21.7. The van der Waals surface area contributed by atoms with Crippen LogP contribution in [-0.2, 0) is 9.59 Å². The predicted molar refractivity (Wildman–Crippen MR) is 126 cm³/mol. The molecule has 1 saturated heterocycles. The number of hydrogen-bond acceptors (Lipinski definition) is 5. The summed E-state index contributed by atoms with van der Waals surface area (Å²) in [6.07, 6.45) is 6.42. The van der Waals surface area contributed by atoms with Crippen LogP contribution < -0.4 is 16.0 Å². The Balaban J connectivity index is 1.35. The third-order valence-corrected chi connectivity index (χ3v) is 6.41. The average Bonchev–Trinajstić information content (AvgIpc) is 3.27. The van der Waals surface area contributed by atoms with E-state index in [0.29, 0.717) is 17.8 Å². The number of carbonyl (C=O) groups is 2. The summed E-state index contributed by atoms with van der Waals surface area (Å²) in [5.41, 5.74) is 6.56. The molecule has 0 radical (unpaired) electrons. The number of nitrogens with one attached hydrogen (secondary N) is 1. The van der Waals surface area contributed by atoms with Crippen LogP contribution in [0.5, 0.6) is 0 Å². The number of anilines is 2. The molecule has 32 heavy (non-hydrogen) atoms. The summed E-state index contributed by atoms with van der Waals surface area (Å²) in [6, 6.07) is 13.9. The number of piperidine rings is 1. The fraction of sp³-hybridized carbons (Fsp3) is 0.208. The molecule has 3 aromatic rings. The van der Waals surface area contributed by atoms with Crippen molar-refractivity contribution in [3.63, 3.8) is 0 Å². The summed E-state index contributed by atoms with van der Waals surface area (Å²) in [7, 11) is 0. The van der Waals surface area contributed by atoms with Crippen LogP contribution in [0.4, 0.5) is 15.9 Å². The number of rotatable bonds is 6. The van der Waals surface area contributed by atoms with Crippen molar-refractivity contribution in [1.82, 2.24) is 4.98 Å². The van der Waals surface area contributed by atoms with E-state index in [2.05, 4.69) is 10.3 Å². The number of hydrogen-bond donors (Lipinski definition) is 2. The summed E-state index contributed by atoms with van der Waals surface area (Å²) >= 11 is 1.41. The molecule has 6 nitrogen and oxygen atoms in total. The van der Waals surface area contributed by atoms with Gasteiger partial charge >= 0.3 is 0 Å². The fourth-order valence-electron chi connectivity index (χ4n) is 3.65. The zero-order valence-electron chi connectivity index (χ0n) is 17.3. The van der Waals surface area contributed by atoms with Gasteiger partial charge in [-0.25, -0.2) is 9.37 Å². The summed E-state index contributed by atoms with van der Waals surface area (Å²) < 4.78 is 13.9. The number of aromatic nitrogens is 1. The summed E-state index contributed by atoms with van der Waals surface area (Å²) in [6.45, 7) is 1.38. The van der Waals surface area contributed by atoms with Gasteiger partial charge in [-0.3, -0.25) is 9.59 Å². The molecular formula is C24H23FN4O2S. The average molecular weight is 451 g/mol. The second-order valence-electron chi connectivity index (χ2n) is 7.60. The van der Waals surface area contributed by atoms with E-state index in [-0.39, 0.29) is 23.5 Å². The Bertz CT molecular complexity index is 1140. The third-order valence-electron chi connectivity index (χ3n) is 5.33. The maximum atomic E-state index is 13.9. The highest BCUT2D eigenvalue weighted by Gasteiger charge is 2.24. The van der Waals surface area contributed by atoms with Crippen molar-refractivity contribution >= 4 is 40.7 Å². The van der Waals surface area contributed by atoms with E-state index in [0.717, 1.165) is 35.0 Å². The quantitative estimate of drug-likeness (QED) is 0.548. The first-order valence-electron chi connectivity index (χ1n) is 10.3. The molecule has 1 unspecified atom stereocenters. The molecule has 164 valence electrons. The first-order chi connectivity index (χ1) is 15.5. The van der Waals surface area contributed by atoms with E-state index in [9.17, 15) is 14.0 Å². The van der Waals surface area contributed by atoms with E-state index in [1.54, 1.807) is 36.5 Å².